The van der Waals surface area contributed by atoms with Crippen molar-refractivity contribution in [2.75, 3.05) is 6.16 Å². The van der Waals surface area contributed by atoms with Crippen molar-refractivity contribution in [3.63, 3.8) is 0 Å². The van der Waals surface area contributed by atoms with Crippen LogP contribution in [0.3, 0.4) is 0 Å². The topological polar surface area (TPSA) is 0 Å². The third kappa shape index (κ3) is 7.05. The second-order valence-electron chi connectivity index (χ2n) is 7.35. The number of unbranched alkanes of at least 4 members (excludes halogenated alkanes) is 1. The summed E-state index contributed by atoms with van der Waals surface area (Å²) >= 11 is 0. The summed E-state index contributed by atoms with van der Waals surface area (Å²) in [5.41, 5.74) is 4.51. The van der Waals surface area contributed by atoms with Crippen LogP contribution < -0.4 is 24.0 Å². The largest absolute Gasteiger partial charge is 1.00 e. The van der Waals surface area contributed by atoms with Crippen molar-refractivity contribution in [2.24, 2.45) is 0 Å². The van der Waals surface area contributed by atoms with Crippen molar-refractivity contribution in [1.29, 1.82) is 0 Å². The van der Waals surface area contributed by atoms with Crippen molar-refractivity contribution in [3.05, 3.63) is 108 Å². The van der Waals surface area contributed by atoms with Gasteiger partial charge in [-0.25, -0.2) is 0 Å². The highest BCUT2D eigenvalue weighted by Crippen LogP contribution is 2.66. The number of rotatable bonds is 9. The maximum Gasteiger partial charge on any atom is 0.0849 e. The molecule has 0 aliphatic rings. The first kappa shape index (κ1) is 22.1. The summed E-state index contributed by atoms with van der Waals surface area (Å²) in [5.74, 6) is 0. The maximum absolute atomic E-state index is 2.32. The van der Waals surface area contributed by atoms with Crippen molar-refractivity contribution >= 4 is 7.26 Å². The van der Waals surface area contributed by atoms with Gasteiger partial charge in [-0.05, 0) is 23.1 Å². The smallest absolute Gasteiger partial charge is 0.0849 e. The molecule has 0 heterocycles. The second kappa shape index (κ2) is 11.6. The van der Waals surface area contributed by atoms with Crippen LogP contribution in [0.4, 0.5) is 0 Å². The minimum Gasteiger partial charge on any atom is -1.00 e. The zero-order valence-corrected chi connectivity index (χ0v) is 19.3. The predicted molar refractivity (Wildman–Crippen MR) is 117 cm³/mol. The Balaban J connectivity index is 0.00000261. The molecule has 0 aliphatic heterocycles. The van der Waals surface area contributed by atoms with Crippen molar-refractivity contribution in [1.82, 2.24) is 0 Å². The lowest BCUT2D eigenvalue weighted by Crippen LogP contribution is -3.00. The highest BCUT2D eigenvalue weighted by Gasteiger charge is 2.37. The summed E-state index contributed by atoms with van der Waals surface area (Å²) in [6.07, 6.45) is 7.73. The van der Waals surface area contributed by atoms with Crippen LogP contribution in [0.5, 0.6) is 0 Å². The normalized spacial score (nSPS) is 11.0. The van der Waals surface area contributed by atoms with Crippen LogP contribution in [0.25, 0.3) is 0 Å². The monoisotopic (exact) mass is 488 g/mol. The SMILES string of the molecule is CCCC[P+](Cc1ccccc1)(Cc1ccccc1)Cc1ccccc1.[I-]. The highest BCUT2D eigenvalue weighted by molar-refractivity contribution is 7.73. The van der Waals surface area contributed by atoms with Crippen LogP contribution in [0.1, 0.15) is 36.5 Å². The molecule has 0 amide bonds. The molecule has 0 saturated heterocycles. The Hall–Kier alpha value is -1.18. The first-order valence-corrected chi connectivity index (χ1v) is 12.3. The van der Waals surface area contributed by atoms with E-state index >= 15 is 0 Å². The Bertz CT molecular complexity index is 655. The van der Waals surface area contributed by atoms with E-state index in [1.807, 2.05) is 0 Å². The molecular formula is C25H30IP. The molecule has 0 atom stereocenters. The highest BCUT2D eigenvalue weighted by atomic mass is 127. The first-order chi connectivity index (χ1) is 12.8. The van der Waals surface area contributed by atoms with Gasteiger partial charge >= 0.3 is 0 Å². The number of hydrogen-bond acceptors (Lipinski definition) is 0. The zero-order valence-electron chi connectivity index (χ0n) is 16.2. The van der Waals surface area contributed by atoms with Gasteiger partial charge in [0.05, 0.1) is 24.6 Å². The molecule has 0 fully saturated rings. The van der Waals surface area contributed by atoms with Crippen LogP contribution in [-0.2, 0) is 18.5 Å². The summed E-state index contributed by atoms with van der Waals surface area (Å²) < 4.78 is 0. The van der Waals surface area contributed by atoms with Crippen molar-refractivity contribution < 1.29 is 24.0 Å². The van der Waals surface area contributed by atoms with Gasteiger partial charge in [0.2, 0.25) is 0 Å². The molecule has 3 aromatic carbocycles. The van der Waals surface area contributed by atoms with E-state index < -0.39 is 7.26 Å². The minimum absolute atomic E-state index is 0. The van der Waals surface area contributed by atoms with E-state index in [0.717, 1.165) is 0 Å². The molecule has 0 bridgehead atoms. The van der Waals surface area contributed by atoms with Gasteiger partial charge in [-0.3, -0.25) is 0 Å². The van der Waals surface area contributed by atoms with Crippen LogP contribution in [0, 0.1) is 0 Å². The quantitative estimate of drug-likeness (QED) is 0.309. The molecule has 0 unspecified atom stereocenters. The molecule has 142 valence electrons. The fraction of sp³-hybridized carbons (Fsp3) is 0.280. The molecule has 0 N–H and O–H groups in total. The lowest BCUT2D eigenvalue weighted by atomic mass is 10.2. The van der Waals surface area contributed by atoms with Gasteiger partial charge in [-0.1, -0.05) is 104 Å². The van der Waals surface area contributed by atoms with E-state index in [4.69, 9.17) is 0 Å². The van der Waals surface area contributed by atoms with E-state index in [0.29, 0.717) is 0 Å². The number of halogens is 1. The third-order valence-corrected chi connectivity index (χ3v) is 9.44. The van der Waals surface area contributed by atoms with E-state index in [2.05, 4.69) is 97.9 Å². The Labute approximate surface area is 182 Å². The Morgan fingerprint density at radius 3 is 1.19 bits per heavy atom. The van der Waals surface area contributed by atoms with Crippen molar-refractivity contribution in [3.8, 4) is 0 Å². The summed E-state index contributed by atoms with van der Waals surface area (Å²) in [5, 5.41) is 0. The lowest BCUT2D eigenvalue weighted by molar-refractivity contribution is -0.00000552. The minimum atomic E-state index is -1.18. The van der Waals surface area contributed by atoms with Crippen molar-refractivity contribution in [2.45, 2.75) is 38.3 Å². The predicted octanol–water partition coefficient (Wildman–Crippen LogP) is 4.41. The molecular weight excluding hydrogens is 458 g/mol. The van der Waals surface area contributed by atoms with Gasteiger partial charge in [-0.15, -0.1) is 0 Å². The van der Waals surface area contributed by atoms with E-state index in [9.17, 15) is 0 Å². The summed E-state index contributed by atoms with van der Waals surface area (Å²) in [6, 6.07) is 33.4. The van der Waals surface area contributed by atoms with E-state index in [1.54, 1.807) is 0 Å². The van der Waals surface area contributed by atoms with Gasteiger partial charge in [0, 0.05) is 7.26 Å². The summed E-state index contributed by atoms with van der Waals surface area (Å²) in [7, 11) is -1.18. The van der Waals surface area contributed by atoms with E-state index in [-0.39, 0.29) is 24.0 Å². The van der Waals surface area contributed by atoms with Crippen LogP contribution in [0.2, 0.25) is 0 Å². The first-order valence-electron chi connectivity index (χ1n) is 9.76. The lowest BCUT2D eigenvalue weighted by Gasteiger charge is -2.28. The fourth-order valence-corrected chi connectivity index (χ4v) is 8.56. The molecule has 3 aromatic rings. The number of benzene rings is 3. The van der Waals surface area contributed by atoms with Crippen LogP contribution in [-0.4, -0.2) is 6.16 Å². The second-order valence-corrected chi connectivity index (χ2v) is 11.4. The molecule has 3 rings (SSSR count). The molecule has 0 aromatic heterocycles. The summed E-state index contributed by atoms with van der Waals surface area (Å²) in [4.78, 5) is 0. The zero-order chi connectivity index (χ0) is 18.1. The van der Waals surface area contributed by atoms with Crippen LogP contribution >= 0.6 is 7.26 Å². The Kier molecular flexibility index (Phi) is 9.51. The molecule has 0 aliphatic carbocycles. The molecule has 0 spiro atoms. The molecule has 0 radical (unpaired) electrons. The van der Waals surface area contributed by atoms with Gasteiger partial charge in [0.1, 0.15) is 0 Å². The maximum atomic E-state index is 2.32. The van der Waals surface area contributed by atoms with Gasteiger partial charge < -0.3 is 24.0 Å². The third-order valence-electron chi connectivity index (χ3n) is 5.07. The average molecular weight is 488 g/mol. The van der Waals surface area contributed by atoms with Gasteiger partial charge in [-0.2, -0.15) is 0 Å². The Morgan fingerprint density at radius 1 is 0.556 bits per heavy atom. The standard InChI is InChI=1S/C25H30P.HI/c1-2-3-19-26(20-23-13-7-4-8-14-23,21-24-15-9-5-10-16-24)22-25-17-11-6-12-18-25;/h4-18H,2-3,19-22H2,1H3;1H/q+1;/p-1. The number of hydrogen-bond donors (Lipinski definition) is 0. The van der Waals surface area contributed by atoms with Gasteiger partial charge in [0.25, 0.3) is 0 Å². The molecule has 2 heteroatoms. The fourth-order valence-electron chi connectivity index (χ4n) is 3.81. The summed E-state index contributed by atoms with van der Waals surface area (Å²) in [6.45, 7) is 2.32. The molecule has 0 saturated carbocycles. The average Bonchev–Trinajstić information content (AvgIpc) is 2.69. The van der Waals surface area contributed by atoms with Gasteiger partial charge in [0.15, 0.2) is 0 Å². The van der Waals surface area contributed by atoms with E-state index in [1.165, 1.54) is 54.2 Å². The molecule has 27 heavy (non-hydrogen) atoms. The van der Waals surface area contributed by atoms with Crippen LogP contribution in [0.15, 0.2) is 91.0 Å². The Morgan fingerprint density at radius 2 is 0.889 bits per heavy atom. The molecule has 0 nitrogen and oxygen atoms in total.